The first-order chi connectivity index (χ1) is 15.5. The molecule has 3 aromatic carbocycles. The molecule has 1 amide bonds. The van der Waals surface area contributed by atoms with Crippen LogP contribution in [0.3, 0.4) is 0 Å². The Morgan fingerprint density at radius 1 is 1.09 bits per heavy atom. The minimum absolute atomic E-state index is 0.148. The molecule has 0 saturated heterocycles. The summed E-state index contributed by atoms with van der Waals surface area (Å²) in [6.07, 6.45) is 1.40. The van der Waals surface area contributed by atoms with Crippen LogP contribution in [0.25, 0.3) is 11.0 Å². The van der Waals surface area contributed by atoms with Gasteiger partial charge in [0.25, 0.3) is 5.91 Å². The number of benzene rings is 3. The van der Waals surface area contributed by atoms with Crippen molar-refractivity contribution in [2.45, 2.75) is 18.6 Å². The van der Waals surface area contributed by atoms with Gasteiger partial charge in [-0.2, -0.15) is 5.10 Å². The zero-order chi connectivity index (χ0) is 22.5. The predicted octanol–water partition coefficient (Wildman–Crippen LogP) is 4.05. The van der Waals surface area contributed by atoms with E-state index < -0.39 is 0 Å². The number of hydrogen-bond acceptors (Lipinski definition) is 6. The number of phenols is 2. The number of imidazole rings is 1. The third-order valence-corrected chi connectivity index (χ3v) is 5.79. The predicted molar refractivity (Wildman–Crippen MR) is 126 cm³/mol. The Balaban J connectivity index is 1.44. The fourth-order valence-electron chi connectivity index (χ4n) is 3.15. The van der Waals surface area contributed by atoms with Gasteiger partial charge >= 0.3 is 0 Å². The van der Waals surface area contributed by atoms with Crippen molar-refractivity contribution in [1.82, 2.24) is 15.0 Å². The van der Waals surface area contributed by atoms with Crippen molar-refractivity contribution < 1.29 is 15.0 Å². The molecule has 1 heterocycles. The Labute approximate surface area is 189 Å². The van der Waals surface area contributed by atoms with E-state index in [4.69, 9.17) is 4.98 Å². The van der Waals surface area contributed by atoms with Crippen LogP contribution in [-0.2, 0) is 11.3 Å². The number of carbonyl (C=O) groups excluding carboxylic acids is 1. The highest BCUT2D eigenvalue weighted by atomic mass is 32.2. The lowest BCUT2D eigenvalue weighted by molar-refractivity contribution is -0.118. The summed E-state index contributed by atoms with van der Waals surface area (Å²) in [5, 5.41) is 23.5. The highest BCUT2D eigenvalue weighted by Gasteiger charge is 2.13. The second kappa shape index (κ2) is 9.57. The van der Waals surface area contributed by atoms with E-state index in [0.29, 0.717) is 12.1 Å². The summed E-state index contributed by atoms with van der Waals surface area (Å²) in [5.41, 5.74) is 7.29. The number of aromatic hydroxyl groups is 2. The average Bonchev–Trinajstić information content (AvgIpc) is 3.14. The molecule has 0 aliphatic carbocycles. The van der Waals surface area contributed by atoms with Gasteiger partial charge in [-0.3, -0.25) is 4.79 Å². The van der Waals surface area contributed by atoms with Gasteiger partial charge in [-0.05, 0) is 48.4 Å². The number of aryl methyl sites for hydroxylation is 1. The Kier molecular flexibility index (Phi) is 6.42. The van der Waals surface area contributed by atoms with Gasteiger partial charge < -0.3 is 14.8 Å². The summed E-state index contributed by atoms with van der Waals surface area (Å²) >= 11 is 1.35. The molecule has 32 heavy (non-hydrogen) atoms. The van der Waals surface area contributed by atoms with Crippen LogP contribution in [0.15, 0.2) is 77.0 Å². The monoisotopic (exact) mass is 446 g/mol. The number of amides is 1. The lowest BCUT2D eigenvalue weighted by Crippen LogP contribution is -2.20. The Bertz CT molecular complexity index is 1280. The molecule has 0 fully saturated rings. The molecule has 0 aliphatic heterocycles. The van der Waals surface area contributed by atoms with Crippen molar-refractivity contribution in [1.29, 1.82) is 0 Å². The first kappa shape index (κ1) is 21.5. The number of para-hydroxylation sites is 2. The maximum absolute atomic E-state index is 12.3. The summed E-state index contributed by atoms with van der Waals surface area (Å²) in [4.78, 5) is 17.0. The molecule has 7 nitrogen and oxygen atoms in total. The molecule has 0 unspecified atom stereocenters. The molecule has 1 aromatic heterocycles. The summed E-state index contributed by atoms with van der Waals surface area (Å²) in [7, 11) is 0. The van der Waals surface area contributed by atoms with E-state index in [0.717, 1.165) is 21.8 Å². The quantitative estimate of drug-likeness (QED) is 0.172. The van der Waals surface area contributed by atoms with Crippen LogP contribution in [0.5, 0.6) is 11.5 Å². The van der Waals surface area contributed by atoms with E-state index in [1.54, 1.807) is 6.07 Å². The molecule has 4 aromatic rings. The van der Waals surface area contributed by atoms with Gasteiger partial charge in [0.05, 0.1) is 29.5 Å². The molecular formula is C24H22N4O3S. The van der Waals surface area contributed by atoms with Crippen molar-refractivity contribution >= 4 is 34.9 Å². The van der Waals surface area contributed by atoms with Crippen molar-refractivity contribution in [3.8, 4) is 11.5 Å². The van der Waals surface area contributed by atoms with Crippen LogP contribution in [-0.4, -0.2) is 37.6 Å². The van der Waals surface area contributed by atoms with Gasteiger partial charge in [-0.25, -0.2) is 10.4 Å². The summed E-state index contributed by atoms with van der Waals surface area (Å²) in [5.74, 6) is -0.585. The Morgan fingerprint density at radius 2 is 1.88 bits per heavy atom. The molecule has 4 rings (SSSR count). The second-order valence-electron chi connectivity index (χ2n) is 7.28. The zero-order valence-electron chi connectivity index (χ0n) is 17.4. The number of rotatable bonds is 7. The average molecular weight is 447 g/mol. The molecule has 0 bridgehead atoms. The van der Waals surface area contributed by atoms with E-state index in [-0.39, 0.29) is 23.2 Å². The fraction of sp³-hybridized carbons (Fsp3) is 0.125. The summed E-state index contributed by atoms with van der Waals surface area (Å²) < 4.78 is 2.11. The van der Waals surface area contributed by atoms with Crippen LogP contribution < -0.4 is 5.43 Å². The van der Waals surface area contributed by atoms with Crippen molar-refractivity contribution in [3.05, 3.63) is 83.4 Å². The van der Waals surface area contributed by atoms with Gasteiger partial charge in [-0.15, -0.1) is 0 Å². The van der Waals surface area contributed by atoms with Crippen molar-refractivity contribution in [3.63, 3.8) is 0 Å². The smallest absolute Gasteiger partial charge is 0.250 e. The standard InChI is InChI=1S/C24H22N4O3S/c1-16-6-8-17(9-7-16)14-28-20-5-3-2-4-19(20)26-24(28)32-15-23(31)27-25-13-18-10-11-21(29)22(30)12-18/h2-13,29-30H,14-15H2,1H3,(H,27,31). The molecule has 0 spiro atoms. The molecule has 0 atom stereocenters. The van der Waals surface area contributed by atoms with E-state index >= 15 is 0 Å². The highest BCUT2D eigenvalue weighted by Crippen LogP contribution is 2.26. The van der Waals surface area contributed by atoms with Crippen LogP contribution >= 0.6 is 11.8 Å². The number of fused-ring (bicyclic) bond motifs is 1. The van der Waals surface area contributed by atoms with Gasteiger partial charge in [0.2, 0.25) is 0 Å². The van der Waals surface area contributed by atoms with E-state index in [1.165, 1.54) is 35.7 Å². The molecule has 0 saturated carbocycles. The van der Waals surface area contributed by atoms with Crippen molar-refractivity contribution in [2.24, 2.45) is 5.10 Å². The largest absolute Gasteiger partial charge is 0.504 e. The third kappa shape index (κ3) is 5.09. The number of hydrogen-bond donors (Lipinski definition) is 3. The Morgan fingerprint density at radius 3 is 2.66 bits per heavy atom. The zero-order valence-corrected chi connectivity index (χ0v) is 18.2. The van der Waals surface area contributed by atoms with Crippen LogP contribution in [0, 0.1) is 6.92 Å². The van der Waals surface area contributed by atoms with E-state index in [2.05, 4.69) is 46.3 Å². The van der Waals surface area contributed by atoms with Crippen LogP contribution in [0.2, 0.25) is 0 Å². The SMILES string of the molecule is Cc1ccc(Cn2c(SCC(=O)NN=Cc3ccc(O)c(O)c3)nc3ccccc32)cc1. The fourth-order valence-corrected chi connectivity index (χ4v) is 3.96. The first-order valence-electron chi connectivity index (χ1n) is 9.97. The minimum atomic E-state index is -0.275. The third-order valence-electron chi connectivity index (χ3n) is 4.82. The lowest BCUT2D eigenvalue weighted by Gasteiger charge is -2.09. The van der Waals surface area contributed by atoms with Crippen LogP contribution in [0.4, 0.5) is 0 Å². The number of thioether (sulfide) groups is 1. The number of aromatic nitrogens is 2. The molecule has 162 valence electrons. The van der Waals surface area contributed by atoms with Gasteiger partial charge in [0.1, 0.15) is 0 Å². The topological polar surface area (TPSA) is 99.7 Å². The van der Waals surface area contributed by atoms with Gasteiger partial charge in [0.15, 0.2) is 16.7 Å². The highest BCUT2D eigenvalue weighted by molar-refractivity contribution is 7.99. The molecule has 8 heteroatoms. The molecule has 3 N–H and O–H groups in total. The second-order valence-corrected chi connectivity index (χ2v) is 8.23. The molecule has 0 aliphatic rings. The minimum Gasteiger partial charge on any atom is -0.504 e. The van der Waals surface area contributed by atoms with Crippen molar-refractivity contribution in [2.75, 3.05) is 5.75 Å². The normalized spacial score (nSPS) is 11.3. The number of carbonyl (C=O) groups is 1. The maximum Gasteiger partial charge on any atom is 0.250 e. The van der Waals surface area contributed by atoms with Gasteiger partial charge in [0, 0.05) is 0 Å². The van der Waals surface area contributed by atoms with E-state index in [1.807, 2.05) is 24.3 Å². The van der Waals surface area contributed by atoms with E-state index in [9.17, 15) is 15.0 Å². The van der Waals surface area contributed by atoms with Crippen LogP contribution in [0.1, 0.15) is 16.7 Å². The Hall–Kier alpha value is -3.78. The molecular weight excluding hydrogens is 424 g/mol. The number of nitrogens with one attached hydrogen (secondary N) is 1. The first-order valence-corrected chi connectivity index (χ1v) is 11.0. The van der Waals surface area contributed by atoms with Gasteiger partial charge in [-0.1, -0.05) is 53.7 Å². The maximum atomic E-state index is 12.3. The molecule has 0 radical (unpaired) electrons. The summed E-state index contributed by atoms with van der Waals surface area (Å²) in [6, 6.07) is 20.6. The lowest BCUT2D eigenvalue weighted by atomic mass is 10.1. The number of phenolic OH excluding ortho intramolecular Hbond substituents is 2. The summed E-state index contributed by atoms with van der Waals surface area (Å²) in [6.45, 7) is 2.72. The number of hydrazone groups is 1. The number of nitrogens with zero attached hydrogens (tertiary/aromatic N) is 3.